The highest BCUT2D eigenvalue weighted by Gasteiger charge is 2.16. The minimum Gasteiger partial charge on any atom is -0.446 e. The average Bonchev–Trinajstić information content (AvgIpc) is 3.07. The topological polar surface area (TPSA) is 80.7 Å². The van der Waals surface area contributed by atoms with Crippen molar-refractivity contribution in [2.24, 2.45) is 5.73 Å². The zero-order valence-electron chi connectivity index (χ0n) is 10.8. The fraction of sp³-hybridized carbons (Fsp3) is 0.143. The molecule has 0 spiro atoms. The van der Waals surface area contributed by atoms with Crippen molar-refractivity contribution in [3.63, 3.8) is 0 Å². The summed E-state index contributed by atoms with van der Waals surface area (Å²) in [6.07, 6.45) is 0. The van der Waals surface area contributed by atoms with Crippen molar-refractivity contribution in [3.05, 3.63) is 58.0 Å². The Morgan fingerprint density at radius 1 is 1.20 bits per heavy atom. The summed E-state index contributed by atoms with van der Waals surface area (Å²) < 4.78 is 6.06. The summed E-state index contributed by atoms with van der Waals surface area (Å²) in [7, 11) is 0. The number of nitrogens with two attached hydrogens (primary N) is 1. The van der Waals surface area contributed by atoms with Gasteiger partial charge in [-0.15, -0.1) is 5.10 Å². The predicted molar refractivity (Wildman–Crippen MR) is 79.0 cm³/mol. The van der Waals surface area contributed by atoms with Gasteiger partial charge in [0.1, 0.15) is 5.82 Å². The van der Waals surface area contributed by atoms with Crippen LogP contribution in [0.25, 0.3) is 11.6 Å². The van der Waals surface area contributed by atoms with Crippen molar-refractivity contribution in [1.29, 1.82) is 0 Å². The van der Waals surface area contributed by atoms with E-state index in [-0.39, 0.29) is 6.04 Å². The quantitative estimate of drug-likeness (QED) is 0.771. The molecule has 0 unspecified atom stereocenters. The van der Waals surface area contributed by atoms with Gasteiger partial charge in [-0.1, -0.05) is 29.8 Å². The van der Waals surface area contributed by atoms with Gasteiger partial charge in [-0.05, 0) is 40.5 Å². The van der Waals surface area contributed by atoms with E-state index in [2.05, 4.69) is 31.1 Å². The molecule has 0 amide bonds. The predicted octanol–water partition coefficient (Wildman–Crippen LogP) is 3.18. The summed E-state index contributed by atoms with van der Waals surface area (Å²) >= 11 is 3.25. The van der Waals surface area contributed by atoms with Gasteiger partial charge in [0.2, 0.25) is 5.82 Å². The highest BCUT2D eigenvalue weighted by atomic mass is 79.9. The summed E-state index contributed by atoms with van der Waals surface area (Å²) in [5.74, 6) is 1.69. The molecule has 0 fully saturated rings. The van der Waals surface area contributed by atoms with E-state index in [1.807, 2.05) is 31.2 Å². The molecule has 6 heteroatoms. The zero-order chi connectivity index (χ0) is 14.1. The molecule has 0 saturated carbocycles. The Morgan fingerprint density at radius 3 is 2.60 bits per heavy atom. The number of rotatable bonds is 3. The lowest BCUT2D eigenvalue weighted by Gasteiger charge is -2.08. The summed E-state index contributed by atoms with van der Waals surface area (Å²) in [4.78, 5) is 4.39. The maximum Gasteiger partial charge on any atom is 0.217 e. The average molecular weight is 333 g/mol. The van der Waals surface area contributed by atoms with Gasteiger partial charge in [0, 0.05) is 0 Å². The van der Waals surface area contributed by atoms with Gasteiger partial charge in [0.05, 0.1) is 6.04 Å². The number of H-pyrrole nitrogens is 1. The molecule has 2 heterocycles. The van der Waals surface area contributed by atoms with Crippen molar-refractivity contribution in [2.75, 3.05) is 0 Å². The first kappa shape index (κ1) is 13.1. The van der Waals surface area contributed by atoms with E-state index in [1.165, 1.54) is 5.56 Å². The molecule has 0 aliphatic carbocycles. The smallest absolute Gasteiger partial charge is 0.217 e. The van der Waals surface area contributed by atoms with Crippen molar-refractivity contribution < 1.29 is 4.42 Å². The van der Waals surface area contributed by atoms with Crippen LogP contribution >= 0.6 is 15.9 Å². The molecule has 102 valence electrons. The number of hydrogen-bond donors (Lipinski definition) is 2. The van der Waals surface area contributed by atoms with Crippen LogP contribution in [0.2, 0.25) is 0 Å². The molecular formula is C14H13BrN4O. The Hall–Kier alpha value is -1.92. The van der Waals surface area contributed by atoms with Crippen LogP contribution in [0.3, 0.4) is 0 Å². The molecule has 1 atom stereocenters. The van der Waals surface area contributed by atoms with Crippen LogP contribution in [0.1, 0.15) is 23.0 Å². The van der Waals surface area contributed by atoms with Gasteiger partial charge in [-0.2, -0.15) is 0 Å². The molecule has 0 radical (unpaired) electrons. The van der Waals surface area contributed by atoms with Gasteiger partial charge in [0.25, 0.3) is 0 Å². The van der Waals surface area contributed by atoms with E-state index in [9.17, 15) is 0 Å². The monoisotopic (exact) mass is 332 g/mol. The molecule has 5 nitrogen and oxygen atoms in total. The van der Waals surface area contributed by atoms with Crippen LogP contribution < -0.4 is 5.73 Å². The summed E-state index contributed by atoms with van der Waals surface area (Å²) in [6, 6.07) is 11.3. The minimum absolute atomic E-state index is 0.338. The molecule has 3 aromatic rings. The van der Waals surface area contributed by atoms with Gasteiger partial charge in [-0.25, -0.2) is 4.98 Å². The third kappa shape index (κ3) is 2.52. The molecule has 0 bridgehead atoms. The molecule has 3 rings (SSSR count). The van der Waals surface area contributed by atoms with E-state index in [1.54, 1.807) is 12.1 Å². The molecule has 0 aliphatic heterocycles. The number of benzene rings is 1. The standard InChI is InChI=1S/C14H13BrN4O/c1-8-2-4-9(5-3-8)12(16)14-17-13(18-19-14)10-6-7-11(15)20-10/h2-7,12H,16H2,1H3,(H,17,18,19)/t12-/m0/s1. The fourth-order valence-corrected chi connectivity index (χ4v) is 2.20. The summed E-state index contributed by atoms with van der Waals surface area (Å²) in [5.41, 5.74) is 8.37. The Labute approximate surface area is 124 Å². The number of nitrogens with one attached hydrogen (secondary N) is 1. The van der Waals surface area contributed by atoms with Gasteiger partial charge in [0.15, 0.2) is 10.4 Å². The first-order valence-corrected chi connectivity index (χ1v) is 6.93. The fourth-order valence-electron chi connectivity index (χ4n) is 1.89. The van der Waals surface area contributed by atoms with Crippen LogP contribution in [0, 0.1) is 6.92 Å². The van der Waals surface area contributed by atoms with E-state index >= 15 is 0 Å². The molecule has 2 aromatic heterocycles. The zero-order valence-corrected chi connectivity index (χ0v) is 12.4. The van der Waals surface area contributed by atoms with E-state index < -0.39 is 0 Å². The lowest BCUT2D eigenvalue weighted by molar-refractivity contribution is 0.551. The summed E-state index contributed by atoms with van der Waals surface area (Å²) in [6.45, 7) is 2.04. The number of furan rings is 1. The van der Waals surface area contributed by atoms with E-state index in [0.717, 1.165) is 5.56 Å². The first-order valence-electron chi connectivity index (χ1n) is 6.13. The summed E-state index contributed by atoms with van der Waals surface area (Å²) in [5, 5.41) is 7.00. The van der Waals surface area contributed by atoms with Crippen molar-refractivity contribution in [3.8, 4) is 11.6 Å². The molecule has 0 aliphatic rings. The minimum atomic E-state index is -0.338. The molecule has 1 aromatic carbocycles. The maximum absolute atomic E-state index is 6.19. The third-order valence-corrected chi connectivity index (χ3v) is 3.45. The molecule has 20 heavy (non-hydrogen) atoms. The Kier molecular flexibility index (Phi) is 3.42. The highest BCUT2D eigenvalue weighted by Crippen LogP contribution is 2.24. The molecule has 3 N–H and O–H groups in total. The Morgan fingerprint density at radius 2 is 1.95 bits per heavy atom. The van der Waals surface area contributed by atoms with Crippen LogP contribution in [-0.2, 0) is 0 Å². The van der Waals surface area contributed by atoms with Crippen LogP contribution in [0.5, 0.6) is 0 Å². The lowest BCUT2D eigenvalue weighted by Crippen LogP contribution is -2.13. The second-order valence-corrected chi connectivity index (χ2v) is 5.32. The van der Waals surface area contributed by atoms with Crippen LogP contribution in [0.15, 0.2) is 45.5 Å². The second-order valence-electron chi connectivity index (χ2n) is 4.54. The number of hydrogen-bond acceptors (Lipinski definition) is 4. The Bertz CT molecular complexity index is 717. The Balaban J connectivity index is 1.88. The highest BCUT2D eigenvalue weighted by molar-refractivity contribution is 9.10. The number of aryl methyl sites for hydroxylation is 1. The van der Waals surface area contributed by atoms with Crippen molar-refractivity contribution in [1.82, 2.24) is 15.2 Å². The van der Waals surface area contributed by atoms with Gasteiger partial charge < -0.3 is 10.2 Å². The van der Waals surface area contributed by atoms with Crippen molar-refractivity contribution in [2.45, 2.75) is 13.0 Å². The van der Waals surface area contributed by atoms with Crippen LogP contribution in [0.4, 0.5) is 0 Å². The molecular weight excluding hydrogens is 320 g/mol. The van der Waals surface area contributed by atoms with E-state index in [4.69, 9.17) is 10.2 Å². The number of halogens is 1. The second kappa shape index (κ2) is 5.22. The van der Waals surface area contributed by atoms with Crippen LogP contribution in [-0.4, -0.2) is 15.2 Å². The third-order valence-electron chi connectivity index (χ3n) is 3.03. The normalized spacial score (nSPS) is 12.6. The SMILES string of the molecule is Cc1ccc([C@H](N)c2nc(-c3ccc(Br)o3)n[nH]2)cc1. The maximum atomic E-state index is 6.19. The molecule has 0 saturated heterocycles. The first-order chi connectivity index (χ1) is 9.63. The lowest BCUT2D eigenvalue weighted by atomic mass is 10.1. The van der Waals surface area contributed by atoms with Crippen molar-refractivity contribution >= 4 is 15.9 Å². The van der Waals surface area contributed by atoms with E-state index in [0.29, 0.717) is 22.1 Å². The number of aromatic amines is 1. The number of nitrogens with zero attached hydrogens (tertiary/aromatic N) is 2. The van der Waals surface area contributed by atoms with Gasteiger partial charge >= 0.3 is 0 Å². The van der Waals surface area contributed by atoms with Gasteiger partial charge in [-0.3, -0.25) is 5.10 Å². The largest absolute Gasteiger partial charge is 0.446 e. The number of aromatic nitrogens is 3.